The van der Waals surface area contributed by atoms with Crippen molar-refractivity contribution in [1.29, 1.82) is 0 Å². The summed E-state index contributed by atoms with van der Waals surface area (Å²) < 4.78 is 25.7. The summed E-state index contributed by atoms with van der Waals surface area (Å²) in [6, 6.07) is 0. The van der Waals surface area contributed by atoms with Gasteiger partial charge in [0.1, 0.15) is 0 Å². The maximum absolute atomic E-state index is 12.8. The molecule has 3 heteroatoms. The van der Waals surface area contributed by atoms with Gasteiger partial charge in [-0.05, 0) is 13.0 Å². The number of halogens is 2. The van der Waals surface area contributed by atoms with Crippen LogP contribution in [-0.2, 0) is 0 Å². The Kier molecular flexibility index (Phi) is 0.994. The first kappa shape index (κ1) is 6.53. The van der Waals surface area contributed by atoms with Crippen LogP contribution in [-0.4, -0.2) is 19.0 Å². The molecule has 0 amide bonds. The van der Waals surface area contributed by atoms with Crippen LogP contribution in [0.25, 0.3) is 0 Å². The highest BCUT2D eigenvalue weighted by molar-refractivity contribution is 5.17. The zero-order valence-electron chi connectivity index (χ0n) is 5.95. The Balaban J connectivity index is 2.20. The monoisotopic (exact) mass is 147 g/mol. The molecule has 1 aliphatic heterocycles. The van der Waals surface area contributed by atoms with Crippen LogP contribution in [0.5, 0.6) is 0 Å². The minimum atomic E-state index is -2.38. The number of fused-ring (bicyclic) bond motifs is 1. The van der Waals surface area contributed by atoms with Crippen LogP contribution < -0.4 is 5.32 Å². The number of hydrogen-bond acceptors (Lipinski definition) is 1. The van der Waals surface area contributed by atoms with Crippen LogP contribution in [0.4, 0.5) is 8.78 Å². The van der Waals surface area contributed by atoms with Crippen molar-refractivity contribution in [2.45, 2.75) is 19.3 Å². The van der Waals surface area contributed by atoms with Gasteiger partial charge >= 0.3 is 0 Å². The van der Waals surface area contributed by atoms with Crippen molar-refractivity contribution in [3.8, 4) is 0 Å². The fraction of sp³-hybridized carbons (Fsp3) is 1.00. The van der Waals surface area contributed by atoms with Crippen molar-refractivity contribution >= 4 is 0 Å². The second-order valence-corrected chi connectivity index (χ2v) is 3.55. The molecule has 0 aromatic rings. The van der Waals surface area contributed by atoms with E-state index < -0.39 is 11.3 Å². The third kappa shape index (κ3) is 0.506. The number of alkyl halides is 2. The summed E-state index contributed by atoms with van der Waals surface area (Å²) in [7, 11) is 0. The van der Waals surface area contributed by atoms with Gasteiger partial charge in [-0.25, -0.2) is 8.78 Å². The van der Waals surface area contributed by atoms with Crippen LogP contribution in [0.2, 0.25) is 0 Å². The van der Waals surface area contributed by atoms with Crippen molar-refractivity contribution in [2.24, 2.45) is 11.3 Å². The van der Waals surface area contributed by atoms with Crippen molar-refractivity contribution in [1.82, 2.24) is 5.32 Å². The average molecular weight is 147 g/mol. The molecule has 1 nitrogen and oxygen atoms in total. The van der Waals surface area contributed by atoms with Crippen LogP contribution in [0.1, 0.15) is 13.3 Å². The van der Waals surface area contributed by atoms with Crippen molar-refractivity contribution < 1.29 is 8.78 Å². The quantitative estimate of drug-likeness (QED) is 0.543. The molecule has 2 atom stereocenters. The molecule has 2 aliphatic rings. The third-order valence-corrected chi connectivity index (χ3v) is 3.05. The zero-order valence-corrected chi connectivity index (χ0v) is 5.95. The van der Waals surface area contributed by atoms with Crippen LogP contribution in [0, 0.1) is 11.3 Å². The Morgan fingerprint density at radius 2 is 2.20 bits per heavy atom. The highest BCUT2D eigenvalue weighted by Gasteiger charge is 2.77. The van der Waals surface area contributed by atoms with Gasteiger partial charge in [-0.1, -0.05) is 6.92 Å². The average Bonchev–Trinajstić information content (AvgIpc) is 2.30. The third-order valence-electron chi connectivity index (χ3n) is 3.05. The summed E-state index contributed by atoms with van der Waals surface area (Å²) in [6.07, 6.45) is 0.630. The lowest BCUT2D eigenvalue weighted by Gasteiger charge is -2.15. The first-order valence-corrected chi connectivity index (χ1v) is 3.67. The molecule has 1 saturated carbocycles. The molecular weight excluding hydrogens is 136 g/mol. The Bertz CT molecular complexity index is 169. The van der Waals surface area contributed by atoms with Gasteiger partial charge in [-0.2, -0.15) is 0 Å². The van der Waals surface area contributed by atoms with E-state index in [2.05, 4.69) is 5.32 Å². The lowest BCUT2D eigenvalue weighted by Crippen LogP contribution is -2.27. The lowest BCUT2D eigenvalue weighted by molar-refractivity contribution is 0.0636. The molecule has 0 unspecified atom stereocenters. The van der Waals surface area contributed by atoms with Crippen molar-refractivity contribution in [3.63, 3.8) is 0 Å². The fourth-order valence-corrected chi connectivity index (χ4v) is 1.96. The van der Waals surface area contributed by atoms with E-state index in [0.717, 1.165) is 6.54 Å². The summed E-state index contributed by atoms with van der Waals surface area (Å²) in [5.41, 5.74) is -0.655. The maximum Gasteiger partial charge on any atom is 0.258 e. The van der Waals surface area contributed by atoms with E-state index in [4.69, 9.17) is 0 Å². The topological polar surface area (TPSA) is 12.0 Å². The van der Waals surface area contributed by atoms with Gasteiger partial charge < -0.3 is 5.32 Å². The first-order valence-electron chi connectivity index (χ1n) is 3.67. The standard InChI is InChI=1S/C7H11F2N/c1-6-2-3-10-4-5(6)7(6,8)9/h5,10H,2-4H2,1H3/t5-,6+/m1/s1. The summed E-state index contributed by atoms with van der Waals surface area (Å²) in [6.45, 7) is 2.95. The van der Waals surface area contributed by atoms with E-state index in [1.54, 1.807) is 6.92 Å². The van der Waals surface area contributed by atoms with Gasteiger partial charge in [0.25, 0.3) is 5.92 Å². The van der Waals surface area contributed by atoms with E-state index in [1.807, 2.05) is 0 Å². The molecule has 1 aliphatic carbocycles. The van der Waals surface area contributed by atoms with Gasteiger partial charge in [-0.3, -0.25) is 0 Å². The molecule has 10 heavy (non-hydrogen) atoms. The fourth-order valence-electron chi connectivity index (χ4n) is 1.96. The van der Waals surface area contributed by atoms with E-state index in [1.165, 1.54) is 0 Å². The van der Waals surface area contributed by atoms with Gasteiger partial charge in [-0.15, -0.1) is 0 Å². The highest BCUT2D eigenvalue weighted by atomic mass is 19.3. The Morgan fingerprint density at radius 3 is 2.60 bits per heavy atom. The van der Waals surface area contributed by atoms with E-state index in [9.17, 15) is 8.78 Å². The normalized spacial score (nSPS) is 50.1. The molecule has 2 rings (SSSR count). The smallest absolute Gasteiger partial charge is 0.258 e. The van der Waals surface area contributed by atoms with Gasteiger partial charge in [0, 0.05) is 17.9 Å². The summed E-state index contributed by atoms with van der Waals surface area (Å²) >= 11 is 0. The predicted octanol–water partition coefficient (Wildman–Crippen LogP) is 1.25. The Morgan fingerprint density at radius 1 is 1.50 bits per heavy atom. The summed E-state index contributed by atoms with van der Waals surface area (Å²) in [5.74, 6) is -2.76. The largest absolute Gasteiger partial charge is 0.316 e. The molecule has 0 spiro atoms. The second kappa shape index (κ2) is 1.52. The zero-order chi connectivity index (χ0) is 7.41. The van der Waals surface area contributed by atoms with E-state index >= 15 is 0 Å². The predicted molar refractivity (Wildman–Crippen MR) is 34.0 cm³/mol. The van der Waals surface area contributed by atoms with Gasteiger partial charge in [0.05, 0.1) is 0 Å². The van der Waals surface area contributed by atoms with Crippen LogP contribution in [0.15, 0.2) is 0 Å². The number of piperidine rings is 1. The van der Waals surface area contributed by atoms with E-state index in [-0.39, 0.29) is 5.92 Å². The molecule has 0 aromatic heterocycles. The van der Waals surface area contributed by atoms with Crippen LogP contribution >= 0.6 is 0 Å². The van der Waals surface area contributed by atoms with Crippen molar-refractivity contribution in [3.05, 3.63) is 0 Å². The SMILES string of the molecule is C[C@]12CCNC[C@H]1C2(F)F. The highest BCUT2D eigenvalue weighted by Crippen LogP contribution is 2.68. The summed E-state index contributed by atoms with van der Waals surface area (Å²) in [5, 5.41) is 2.98. The first-order chi connectivity index (χ1) is 4.59. The molecule has 58 valence electrons. The molecule has 2 fully saturated rings. The number of rotatable bonds is 0. The van der Waals surface area contributed by atoms with Gasteiger partial charge in [0.15, 0.2) is 0 Å². The molecule has 0 bridgehead atoms. The molecular formula is C7H11F2N. The molecule has 1 N–H and O–H groups in total. The number of hydrogen-bond donors (Lipinski definition) is 1. The minimum Gasteiger partial charge on any atom is -0.316 e. The summed E-state index contributed by atoms with van der Waals surface area (Å²) in [4.78, 5) is 0. The Labute approximate surface area is 58.8 Å². The van der Waals surface area contributed by atoms with Gasteiger partial charge in [0.2, 0.25) is 0 Å². The molecule has 1 saturated heterocycles. The maximum atomic E-state index is 12.8. The molecule has 0 aromatic carbocycles. The Hall–Kier alpha value is -0.180. The molecule has 1 heterocycles. The van der Waals surface area contributed by atoms with Crippen LogP contribution in [0.3, 0.4) is 0 Å². The number of nitrogens with one attached hydrogen (secondary N) is 1. The van der Waals surface area contributed by atoms with Crippen molar-refractivity contribution in [2.75, 3.05) is 13.1 Å². The van der Waals surface area contributed by atoms with E-state index in [0.29, 0.717) is 13.0 Å². The minimum absolute atomic E-state index is 0.381. The lowest BCUT2D eigenvalue weighted by atomic mass is 9.99. The second-order valence-electron chi connectivity index (χ2n) is 3.55. The molecule has 0 radical (unpaired) electrons.